The summed E-state index contributed by atoms with van der Waals surface area (Å²) in [5, 5.41) is 18.2. The first-order chi connectivity index (χ1) is 11.1. The number of rotatable bonds is 6. The summed E-state index contributed by atoms with van der Waals surface area (Å²) in [6.07, 6.45) is 0.631. The van der Waals surface area contributed by atoms with E-state index in [9.17, 15) is 10.1 Å². The van der Waals surface area contributed by atoms with Gasteiger partial charge in [-0.1, -0.05) is 11.5 Å². The molecule has 1 N–H and O–H groups in total. The second kappa shape index (κ2) is 7.43. The van der Waals surface area contributed by atoms with Crippen LogP contribution in [0.3, 0.4) is 0 Å². The molecule has 0 saturated heterocycles. The fourth-order valence-electron chi connectivity index (χ4n) is 1.90. The number of benzene rings is 1. The van der Waals surface area contributed by atoms with Crippen molar-refractivity contribution in [2.45, 2.75) is 0 Å². The van der Waals surface area contributed by atoms with Crippen molar-refractivity contribution >= 4 is 25.4 Å². The van der Waals surface area contributed by atoms with Crippen molar-refractivity contribution in [1.82, 2.24) is 4.98 Å². The van der Waals surface area contributed by atoms with Crippen LogP contribution in [0.1, 0.15) is 15.9 Å². The highest BCUT2D eigenvalue weighted by Crippen LogP contribution is 2.25. The molecule has 0 amide bonds. The minimum atomic E-state index is -0.0188. The number of likely N-dealkylation sites (N-methyl/N-ethyl adjacent to an activating group) is 1. The number of hydrogen-bond donors (Lipinski definition) is 1. The molecule has 1 aromatic carbocycles. The van der Waals surface area contributed by atoms with Gasteiger partial charge in [0.25, 0.3) is 0 Å². The number of aliphatic hydroxyl groups excluding tert-OH is 1. The minimum Gasteiger partial charge on any atom is -0.438 e. The SMILES string of the molecule is [B]c1ccc(Oc2nc(N(C)CCO)ccc2C#N)cc1C=O. The Balaban J connectivity index is 2.36. The summed E-state index contributed by atoms with van der Waals surface area (Å²) in [5.41, 5.74) is 0.905. The Labute approximate surface area is 135 Å². The van der Waals surface area contributed by atoms with Gasteiger partial charge < -0.3 is 14.7 Å². The number of aldehydes is 1. The number of hydrogen-bond acceptors (Lipinski definition) is 6. The molecule has 1 aromatic heterocycles. The van der Waals surface area contributed by atoms with Crippen LogP contribution in [0.2, 0.25) is 0 Å². The van der Waals surface area contributed by atoms with Gasteiger partial charge in [-0.15, -0.1) is 0 Å². The maximum atomic E-state index is 10.9. The monoisotopic (exact) mass is 307 g/mol. The zero-order chi connectivity index (χ0) is 16.8. The maximum Gasteiger partial charge on any atom is 0.239 e. The zero-order valence-corrected chi connectivity index (χ0v) is 12.6. The second-order valence-corrected chi connectivity index (χ2v) is 4.79. The zero-order valence-electron chi connectivity index (χ0n) is 12.6. The Morgan fingerprint density at radius 3 is 2.87 bits per heavy atom. The number of nitrogens with zero attached hydrogens (tertiary/aromatic N) is 3. The molecule has 114 valence electrons. The molecule has 2 aromatic rings. The first-order valence-electron chi connectivity index (χ1n) is 6.84. The van der Waals surface area contributed by atoms with Gasteiger partial charge in [0.1, 0.15) is 37.3 Å². The van der Waals surface area contributed by atoms with E-state index in [1.165, 1.54) is 6.07 Å². The van der Waals surface area contributed by atoms with Crippen LogP contribution in [0.25, 0.3) is 0 Å². The largest absolute Gasteiger partial charge is 0.438 e. The van der Waals surface area contributed by atoms with Crippen molar-refractivity contribution in [3.63, 3.8) is 0 Å². The van der Waals surface area contributed by atoms with Crippen molar-refractivity contribution in [2.24, 2.45) is 0 Å². The first-order valence-corrected chi connectivity index (χ1v) is 6.84. The van der Waals surface area contributed by atoms with Crippen LogP contribution in [-0.4, -0.2) is 44.4 Å². The highest BCUT2D eigenvalue weighted by atomic mass is 16.5. The third-order valence-electron chi connectivity index (χ3n) is 3.19. The number of aliphatic hydroxyl groups is 1. The summed E-state index contributed by atoms with van der Waals surface area (Å²) in [5.74, 6) is 1.03. The smallest absolute Gasteiger partial charge is 0.239 e. The van der Waals surface area contributed by atoms with Crippen molar-refractivity contribution < 1.29 is 14.6 Å². The molecule has 0 fully saturated rings. The average molecular weight is 307 g/mol. The second-order valence-electron chi connectivity index (χ2n) is 4.79. The van der Waals surface area contributed by atoms with E-state index in [2.05, 4.69) is 4.98 Å². The molecular weight excluding hydrogens is 293 g/mol. The molecule has 0 atom stereocenters. The van der Waals surface area contributed by atoms with Gasteiger partial charge in [-0.2, -0.15) is 10.2 Å². The number of carbonyl (C=O) groups is 1. The molecule has 7 heteroatoms. The fraction of sp³-hybridized carbons (Fsp3) is 0.188. The van der Waals surface area contributed by atoms with Crippen LogP contribution < -0.4 is 15.1 Å². The maximum absolute atomic E-state index is 10.9. The van der Waals surface area contributed by atoms with E-state index in [4.69, 9.17) is 17.7 Å². The molecule has 0 aliphatic heterocycles. The summed E-state index contributed by atoms with van der Waals surface area (Å²) in [6.45, 7) is 0.379. The predicted octanol–water partition coefficient (Wildman–Crippen LogP) is 0.780. The normalized spacial score (nSPS) is 9.96. The number of pyridine rings is 1. The predicted molar refractivity (Wildman–Crippen MR) is 86.6 cm³/mol. The van der Waals surface area contributed by atoms with E-state index in [1.54, 1.807) is 36.2 Å². The van der Waals surface area contributed by atoms with Crippen molar-refractivity contribution in [1.29, 1.82) is 5.26 Å². The van der Waals surface area contributed by atoms with Gasteiger partial charge in [-0.3, -0.25) is 4.79 Å². The molecule has 2 radical (unpaired) electrons. The minimum absolute atomic E-state index is 0.0188. The van der Waals surface area contributed by atoms with Crippen LogP contribution in [0.5, 0.6) is 11.6 Å². The van der Waals surface area contributed by atoms with Gasteiger partial charge in [-0.05, 0) is 24.3 Å². The molecule has 0 spiro atoms. The summed E-state index contributed by atoms with van der Waals surface area (Å²) >= 11 is 0. The Bertz CT molecular complexity index is 759. The third-order valence-corrected chi connectivity index (χ3v) is 3.19. The molecule has 0 unspecified atom stereocenters. The lowest BCUT2D eigenvalue weighted by atomic mass is 9.91. The molecule has 0 aliphatic rings. The van der Waals surface area contributed by atoms with Gasteiger partial charge in [0.2, 0.25) is 5.88 Å². The van der Waals surface area contributed by atoms with Crippen LogP contribution in [-0.2, 0) is 0 Å². The molecule has 0 saturated carbocycles. The van der Waals surface area contributed by atoms with Gasteiger partial charge in [0.05, 0.1) is 6.61 Å². The van der Waals surface area contributed by atoms with E-state index in [1.807, 2.05) is 6.07 Å². The number of carbonyl (C=O) groups excluding carboxylic acids is 1. The number of ether oxygens (including phenoxy) is 1. The van der Waals surface area contributed by atoms with Crippen LogP contribution in [0.4, 0.5) is 5.82 Å². The summed E-state index contributed by atoms with van der Waals surface area (Å²) in [7, 11) is 7.43. The highest BCUT2D eigenvalue weighted by Gasteiger charge is 2.11. The Hall–Kier alpha value is -2.85. The van der Waals surface area contributed by atoms with Crippen LogP contribution in [0, 0.1) is 11.3 Å². The number of aromatic nitrogens is 1. The van der Waals surface area contributed by atoms with Gasteiger partial charge in [0.15, 0.2) is 0 Å². The Morgan fingerprint density at radius 1 is 1.43 bits per heavy atom. The van der Waals surface area contributed by atoms with Crippen molar-refractivity contribution in [3.05, 3.63) is 41.5 Å². The van der Waals surface area contributed by atoms with Gasteiger partial charge in [-0.25, -0.2) is 0 Å². The lowest BCUT2D eigenvalue weighted by Crippen LogP contribution is -2.22. The topological polar surface area (TPSA) is 86.4 Å². The van der Waals surface area contributed by atoms with E-state index in [-0.39, 0.29) is 18.1 Å². The van der Waals surface area contributed by atoms with E-state index in [0.717, 1.165) is 0 Å². The molecule has 23 heavy (non-hydrogen) atoms. The molecule has 0 bridgehead atoms. The van der Waals surface area contributed by atoms with Crippen LogP contribution in [0.15, 0.2) is 30.3 Å². The number of nitriles is 1. The number of anilines is 1. The van der Waals surface area contributed by atoms with Crippen molar-refractivity contribution in [3.8, 4) is 17.7 Å². The molecular formula is C16H14BN3O3. The summed E-state index contributed by atoms with van der Waals surface area (Å²) in [6, 6.07) is 9.88. The quantitative estimate of drug-likeness (QED) is 0.627. The van der Waals surface area contributed by atoms with Crippen molar-refractivity contribution in [2.75, 3.05) is 25.1 Å². The summed E-state index contributed by atoms with van der Waals surface area (Å²) in [4.78, 5) is 17.0. The lowest BCUT2D eigenvalue weighted by Gasteiger charge is -2.18. The highest BCUT2D eigenvalue weighted by molar-refractivity contribution is 6.35. The van der Waals surface area contributed by atoms with E-state index < -0.39 is 0 Å². The fourth-order valence-corrected chi connectivity index (χ4v) is 1.90. The Morgan fingerprint density at radius 2 is 2.22 bits per heavy atom. The van der Waals surface area contributed by atoms with E-state index >= 15 is 0 Å². The molecule has 6 nitrogen and oxygen atoms in total. The first kappa shape index (κ1) is 16.5. The summed E-state index contributed by atoms with van der Waals surface area (Å²) < 4.78 is 5.63. The average Bonchev–Trinajstić information content (AvgIpc) is 2.56. The Kier molecular flexibility index (Phi) is 5.34. The molecule has 0 aliphatic carbocycles. The van der Waals surface area contributed by atoms with Gasteiger partial charge >= 0.3 is 0 Å². The molecule has 2 rings (SSSR count). The van der Waals surface area contributed by atoms with E-state index in [0.29, 0.717) is 35.4 Å². The standard InChI is InChI=1S/C16H14BN3O3/c1-20(6-7-21)15-5-2-11(9-18)16(19-15)23-13-3-4-14(17)12(8-13)10-22/h2-5,8,10,21H,6-7H2,1H3. The third kappa shape index (κ3) is 3.87. The van der Waals surface area contributed by atoms with Crippen LogP contribution >= 0.6 is 0 Å². The molecule has 1 heterocycles. The van der Waals surface area contributed by atoms with Gasteiger partial charge in [0, 0.05) is 19.2 Å². The lowest BCUT2D eigenvalue weighted by molar-refractivity contribution is 0.112.